The summed E-state index contributed by atoms with van der Waals surface area (Å²) in [5.41, 5.74) is 2.09. The maximum Gasteiger partial charge on any atom is 0.221 e. The van der Waals surface area contributed by atoms with E-state index in [9.17, 15) is 0 Å². The fourth-order valence-corrected chi connectivity index (χ4v) is 4.04. The molecule has 1 N–H and O–H groups in total. The number of nitrogens with one attached hydrogen (secondary N) is 1. The third kappa shape index (κ3) is 4.47. The number of aromatic nitrogens is 5. The van der Waals surface area contributed by atoms with E-state index in [1.165, 1.54) is 0 Å². The molecule has 2 aliphatic rings. The minimum Gasteiger partial charge on any atom is -0.324 e. The van der Waals surface area contributed by atoms with E-state index in [0.29, 0.717) is 40.8 Å². The molecule has 1 fully saturated rings. The van der Waals surface area contributed by atoms with Crippen LogP contribution in [0, 0.1) is 11.8 Å². The van der Waals surface area contributed by atoms with Crippen molar-refractivity contribution in [2.75, 3.05) is 5.32 Å². The van der Waals surface area contributed by atoms with Crippen molar-refractivity contribution in [2.45, 2.75) is 45.7 Å². The minimum absolute atomic E-state index is 0.442. The monoisotopic (exact) mass is 390 g/mol. The Bertz CT molecular complexity index is 1010. The molecule has 29 heavy (non-hydrogen) atoms. The Hall–Kier alpha value is -3.16. The zero-order valence-electron chi connectivity index (χ0n) is 16.9. The molecule has 8 nitrogen and oxygen atoms in total. The summed E-state index contributed by atoms with van der Waals surface area (Å²) < 4.78 is 1.87. The first kappa shape index (κ1) is 19.2. The lowest BCUT2D eigenvalue weighted by atomic mass is 9.77. The van der Waals surface area contributed by atoms with E-state index in [1.807, 2.05) is 36.9 Å². The number of nitrogens with zero attached hydrogens (tertiary/aromatic N) is 7. The summed E-state index contributed by atoms with van der Waals surface area (Å²) in [6, 6.07) is 0.442. The van der Waals surface area contributed by atoms with Crippen LogP contribution in [0.15, 0.2) is 52.9 Å². The Balaban J connectivity index is 1.47. The Morgan fingerprint density at radius 1 is 1.41 bits per heavy atom. The highest BCUT2D eigenvalue weighted by Gasteiger charge is 2.30. The highest BCUT2D eigenvalue weighted by atomic mass is 15.5. The molecule has 0 aromatic carbocycles. The molecule has 3 atom stereocenters. The van der Waals surface area contributed by atoms with E-state index in [4.69, 9.17) is 0 Å². The molecule has 0 spiro atoms. The van der Waals surface area contributed by atoms with Crippen molar-refractivity contribution in [3.05, 3.63) is 42.9 Å². The topological polar surface area (TPSA) is 93.2 Å². The van der Waals surface area contributed by atoms with Gasteiger partial charge in [0.15, 0.2) is 11.5 Å². The lowest BCUT2D eigenvalue weighted by Gasteiger charge is -2.33. The third-order valence-electron chi connectivity index (χ3n) is 5.34. The summed E-state index contributed by atoms with van der Waals surface area (Å²) in [5, 5.41) is 11.6. The molecular formula is C21H26N8. The van der Waals surface area contributed by atoms with Crippen molar-refractivity contribution >= 4 is 29.0 Å². The molecule has 8 heteroatoms. The zero-order valence-corrected chi connectivity index (χ0v) is 16.9. The summed E-state index contributed by atoms with van der Waals surface area (Å²) in [7, 11) is 0. The van der Waals surface area contributed by atoms with Crippen LogP contribution in [0.4, 0.5) is 5.82 Å². The molecule has 0 bridgehead atoms. The average Bonchev–Trinajstić information content (AvgIpc) is 3.10. The molecule has 3 heterocycles. The Kier molecular flexibility index (Phi) is 5.59. The highest BCUT2D eigenvalue weighted by molar-refractivity contribution is 5.93. The van der Waals surface area contributed by atoms with E-state index < -0.39 is 0 Å². The average molecular weight is 390 g/mol. The number of fused-ring (bicyclic) bond motifs is 2. The number of hydrogen-bond acceptors (Lipinski definition) is 7. The molecule has 1 aliphatic heterocycles. The van der Waals surface area contributed by atoms with Gasteiger partial charge < -0.3 is 5.32 Å². The Morgan fingerprint density at radius 3 is 3.17 bits per heavy atom. The number of aliphatic imine (C=N–C) groups is 2. The second-order valence-electron chi connectivity index (χ2n) is 7.59. The van der Waals surface area contributed by atoms with Crippen molar-refractivity contribution in [3.63, 3.8) is 0 Å². The predicted octanol–water partition coefficient (Wildman–Crippen LogP) is 3.57. The van der Waals surface area contributed by atoms with Crippen LogP contribution < -0.4 is 5.32 Å². The van der Waals surface area contributed by atoms with E-state index >= 15 is 0 Å². The van der Waals surface area contributed by atoms with Gasteiger partial charge in [0.1, 0.15) is 5.82 Å². The largest absolute Gasteiger partial charge is 0.324 e. The summed E-state index contributed by atoms with van der Waals surface area (Å²) in [6.45, 7) is 8.60. The van der Waals surface area contributed by atoms with Crippen molar-refractivity contribution in [2.24, 2.45) is 21.8 Å². The van der Waals surface area contributed by atoms with Gasteiger partial charge in [0.2, 0.25) is 5.65 Å². The summed E-state index contributed by atoms with van der Waals surface area (Å²) >= 11 is 0. The van der Waals surface area contributed by atoms with Crippen molar-refractivity contribution < 1.29 is 0 Å². The lowest BCUT2D eigenvalue weighted by molar-refractivity contribution is 0.241. The van der Waals surface area contributed by atoms with E-state index in [-0.39, 0.29) is 0 Å². The van der Waals surface area contributed by atoms with Gasteiger partial charge in [0.05, 0.1) is 12.2 Å². The molecule has 2 aromatic rings. The first-order valence-electron chi connectivity index (χ1n) is 10.0. The first-order valence-corrected chi connectivity index (χ1v) is 10.0. The molecule has 0 saturated heterocycles. The minimum atomic E-state index is 0.442. The van der Waals surface area contributed by atoms with Gasteiger partial charge in [-0.15, -0.1) is 5.10 Å². The van der Waals surface area contributed by atoms with Crippen LogP contribution in [-0.4, -0.2) is 42.9 Å². The van der Waals surface area contributed by atoms with Crippen LogP contribution in [-0.2, 0) is 6.54 Å². The summed E-state index contributed by atoms with van der Waals surface area (Å²) in [5.74, 6) is 2.14. The van der Waals surface area contributed by atoms with Crippen LogP contribution in [0.1, 0.15) is 33.1 Å². The molecule has 2 unspecified atom stereocenters. The van der Waals surface area contributed by atoms with Crippen LogP contribution >= 0.6 is 0 Å². The molecule has 0 amide bonds. The van der Waals surface area contributed by atoms with Gasteiger partial charge in [-0.3, -0.25) is 4.99 Å². The number of hydrogen-bond donors (Lipinski definition) is 1. The maximum atomic E-state index is 4.65. The maximum absolute atomic E-state index is 4.65. The number of rotatable bonds is 6. The van der Waals surface area contributed by atoms with Gasteiger partial charge >= 0.3 is 0 Å². The molecule has 4 rings (SSSR count). The first-order chi connectivity index (χ1) is 14.1. The molecule has 0 radical (unpaired) electrons. The van der Waals surface area contributed by atoms with Crippen LogP contribution in [0.25, 0.3) is 11.3 Å². The quantitative estimate of drug-likeness (QED) is 0.761. The normalized spacial score (nSPS) is 24.2. The van der Waals surface area contributed by atoms with Crippen LogP contribution in [0.3, 0.4) is 0 Å². The van der Waals surface area contributed by atoms with E-state index in [2.05, 4.69) is 54.3 Å². The van der Waals surface area contributed by atoms with Gasteiger partial charge in [0.25, 0.3) is 0 Å². The second kappa shape index (κ2) is 8.46. The Labute approximate surface area is 170 Å². The molecule has 150 valence electrons. The second-order valence-corrected chi connectivity index (χ2v) is 7.59. The third-order valence-corrected chi connectivity index (χ3v) is 5.34. The smallest absolute Gasteiger partial charge is 0.221 e. The summed E-state index contributed by atoms with van der Waals surface area (Å²) in [4.78, 5) is 18.0. The molecule has 1 saturated carbocycles. The van der Waals surface area contributed by atoms with Crippen molar-refractivity contribution in [1.82, 2.24) is 25.0 Å². The van der Waals surface area contributed by atoms with Crippen LogP contribution in [0.5, 0.6) is 0 Å². The van der Waals surface area contributed by atoms with E-state index in [0.717, 1.165) is 31.5 Å². The molecular weight excluding hydrogens is 364 g/mol. The van der Waals surface area contributed by atoms with Gasteiger partial charge in [-0.1, -0.05) is 23.9 Å². The molecule has 2 aromatic heterocycles. The van der Waals surface area contributed by atoms with Gasteiger partial charge in [-0.2, -0.15) is 0 Å². The van der Waals surface area contributed by atoms with Gasteiger partial charge in [-0.25, -0.2) is 19.6 Å². The fourth-order valence-electron chi connectivity index (χ4n) is 4.04. The zero-order chi connectivity index (χ0) is 20.2. The predicted molar refractivity (Wildman–Crippen MR) is 116 cm³/mol. The number of dihydropyridines is 1. The van der Waals surface area contributed by atoms with Crippen molar-refractivity contribution in [1.29, 1.82) is 0 Å². The van der Waals surface area contributed by atoms with Gasteiger partial charge in [-0.05, 0) is 57.1 Å². The summed E-state index contributed by atoms with van der Waals surface area (Å²) in [6.07, 6.45) is 15.1. The van der Waals surface area contributed by atoms with Crippen LogP contribution in [0.2, 0.25) is 0 Å². The lowest BCUT2D eigenvalue weighted by Crippen LogP contribution is -2.30. The number of anilines is 1. The van der Waals surface area contributed by atoms with Crippen molar-refractivity contribution in [3.8, 4) is 0 Å². The van der Waals surface area contributed by atoms with Gasteiger partial charge in [0, 0.05) is 18.5 Å². The fraction of sp³-hybridized carbons (Fsp3) is 0.429. The Morgan fingerprint density at radius 2 is 2.31 bits per heavy atom. The number of allylic oxidation sites excluding steroid dienone is 3. The van der Waals surface area contributed by atoms with E-state index in [1.54, 1.807) is 6.20 Å². The molecule has 1 aliphatic carbocycles. The standard InChI is InChI=1S/C21H26N8/c1-4-6-14(2)24-15(3)25-19-12-23-20-21(26-19)29(28-27-20)13-16-8-9-18-17(11-16)7-5-10-22-18/h4-7,10,12,16-18H,3,8-9,11,13H2,1-2H3,(H,25,26)/b6-4-,24-14-/t16?,17-,18?/m1/s1. The SMILES string of the molecule is C=C(/N=C(C)\C=C/C)Nc1cnc2nnn(CC3CCC4N=CC=C[C@@H]4C3)c2n1. The highest BCUT2D eigenvalue weighted by Crippen LogP contribution is 2.34.